The SMILES string of the molecule is CC(C)(C)C1=NN(C(=O)c2ccc(Cl)cc2)C(O)(C(F)(F)F)C1. The lowest BCUT2D eigenvalue weighted by atomic mass is 9.86. The third-order valence-corrected chi connectivity index (χ3v) is 3.84. The Hall–Kier alpha value is -1.60. The fourth-order valence-electron chi connectivity index (χ4n) is 2.11. The molecule has 1 aliphatic rings. The van der Waals surface area contributed by atoms with Gasteiger partial charge in [-0.25, -0.2) is 0 Å². The lowest BCUT2D eigenvalue weighted by Gasteiger charge is -2.32. The van der Waals surface area contributed by atoms with Crippen LogP contribution < -0.4 is 0 Å². The summed E-state index contributed by atoms with van der Waals surface area (Å²) in [7, 11) is 0. The molecule has 1 unspecified atom stereocenters. The van der Waals surface area contributed by atoms with Crippen molar-refractivity contribution in [3.05, 3.63) is 34.9 Å². The monoisotopic (exact) mass is 348 g/mol. The number of aliphatic hydroxyl groups is 1. The largest absolute Gasteiger partial charge is 0.438 e. The fourth-order valence-corrected chi connectivity index (χ4v) is 2.24. The third kappa shape index (κ3) is 3.21. The molecule has 1 aromatic carbocycles. The van der Waals surface area contributed by atoms with E-state index in [1.54, 1.807) is 20.8 Å². The predicted molar refractivity (Wildman–Crippen MR) is 80.1 cm³/mol. The van der Waals surface area contributed by atoms with Crippen LogP contribution in [0.25, 0.3) is 0 Å². The Kier molecular flexibility index (Phi) is 4.24. The van der Waals surface area contributed by atoms with Crippen LogP contribution in [-0.4, -0.2) is 33.6 Å². The number of hydrogen-bond donors (Lipinski definition) is 1. The number of carbonyl (C=O) groups is 1. The summed E-state index contributed by atoms with van der Waals surface area (Å²) >= 11 is 5.71. The summed E-state index contributed by atoms with van der Waals surface area (Å²) in [5.74, 6) is -1.04. The summed E-state index contributed by atoms with van der Waals surface area (Å²) in [6.45, 7) is 5.00. The van der Waals surface area contributed by atoms with E-state index in [1.165, 1.54) is 24.3 Å². The molecule has 0 saturated carbocycles. The van der Waals surface area contributed by atoms with Crippen molar-refractivity contribution < 1.29 is 23.1 Å². The molecule has 23 heavy (non-hydrogen) atoms. The highest BCUT2D eigenvalue weighted by molar-refractivity contribution is 6.30. The molecule has 2 rings (SSSR count). The van der Waals surface area contributed by atoms with Gasteiger partial charge in [-0.3, -0.25) is 4.79 Å². The molecule has 0 aliphatic carbocycles. The maximum absolute atomic E-state index is 13.4. The van der Waals surface area contributed by atoms with Crippen LogP contribution in [0.3, 0.4) is 0 Å². The lowest BCUT2D eigenvalue weighted by Crippen LogP contribution is -2.56. The molecular formula is C15H16ClF3N2O2. The van der Waals surface area contributed by atoms with Crippen molar-refractivity contribution in [2.24, 2.45) is 10.5 Å². The van der Waals surface area contributed by atoms with Gasteiger partial charge in [-0.2, -0.15) is 23.3 Å². The van der Waals surface area contributed by atoms with Crippen molar-refractivity contribution in [3.63, 3.8) is 0 Å². The number of rotatable bonds is 1. The molecule has 0 spiro atoms. The van der Waals surface area contributed by atoms with E-state index in [1.807, 2.05) is 0 Å². The van der Waals surface area contributed by atoms with Crippen LogP contribution in [0.4, 0.5) is 13.2 Å². The summed E-state index contributed by atoms with van der Waals surface area (Å²) in [5, 5.41) is 14.4. The highest BCUT2D eigenvalue weighted by atomic mass is 35.5. The van der Waals surface area contributed by atoms with E-state index >= 15 is 0 Å². The van der Waals surface area contributed by atoms with E-state index in [-0.39, 0.29) is 16.3 Å². The second-order valence-corrected chi connectivity index (χ2v) is 6.85. The van der Waals surface area contributed by atoms with Gasteiger partial charge >= 0.3 is 6.18 Å². The molecule has 126 valence electrons. The summed E-state index contributed by atoms with van der Waals surface area (Å²) in [5.41, 5.74) is -4.02. The Bertz CT molecular complexity index is 650. The number of hydrazone groups is 1. The minimum absolute atomic E-state index is 0.0454. The predicted octanol–water partition coefficient (Wildman–Crippen LogP) is 3.84. The van der Waals surface area contributed by atoms with Gasteiger partial charge in [0, 0.05) is 28.1 Å². The molecule has 0 radical (unpaired) electrons. The number of halogens is 4. The van der Waals surface area contributed by atoms with Gasteiger partial charge in [0.1, 0.15) is 0 Å². The van der Waals surface area contributed by atoms with Gasteiger partial charge < -0.3 is 5.11 Å². The van der Waals surface area contributed by atoms with Crippen molar-refractivity contribution >= 4 is 23.2 Å². The van der Waals surface area contributed by atoms with Gasteiger partial charge in [0.15, 0.2) is 0 Å². The highest BCUT2D eigenvalue weighted by Gasteiger charge is 2.64. The summed E-state index contributed by atoms with van der Waals surface area (Å²) in [6, 6.07) is 5.33. The van der Waals surface area contributed by atoms with Crippen molar-refractivity contribution in [2.45, 2.75) is 39.1 Å². The summed E-state index contributed by atoms with van der Waals surface area (Å²) < 4.78 is 40.1. The second-order valence-electron chi connectivity index (χ2n) is 6.41. The molecule has 1 amide bonds. The first-order chi connectivity index (χ1) is 10.4. The van der Waals surface area contributed by atoms with Gasteiger partial charge in [0.25, 0.3) is 11.6 Å². The number of hydrogen-bond acceptors (Lipinski definition) is 3. The number of carbonyl (C=O) groups excluding carboxylic acids is 1. The minimum Gasteiger partial charge on any atom is -0.362 e. The van der Waals surface area contributed by atoms with Crippen LogP contribution >= 0.6 is 11.6 Å². The Morgan fingerprint density at radius 2 is 1.78 bits per heavy atom. The van der Waals surface area contributed by atoms with Crippen molar-refractivity contribution in [1.82, 2.24) is 5.01 Å². The zero-order valence-corrected chi connectivity index (χ0v) is 13.5. The first-order valence-corrected chi connectivity index (χ1v) is 7.21. The van der Waals surface area contributed by atoms with E-state index in [0.717, 1.165) is 0 Å². The van der Waals surface area contributed by atoms with Crippen LogP contribution in [0.5, 0.6) is 0 Å². The van der Waals surface area contributed by atoms with Gasteiger partial charge in [0.05, 0.1) is 0 Å². The summed E-state index contributed by atoms with van der Waals surface area (Å²) in [4.78, 5) is 12.4. The first kappa shape index (κ1) is 17.7. The maximum Gasteiger partial charge on any atom is 0.438 e. The molecule has 0 fully saturated rings. The maximum atomic E-state index is 13.4. The zero-order chi connectivity index (χ0) is 17.6. The molecule has 1 N–H and O–H groups in total. The first-order valence-electron chi connectivity index (χ1n) is 6.83. The Labute approximate surface area is 136 Å². The van der Waals surface area contributed by atoms with E-state index in [0.29, 0.717) is 5.02 Å². The molecule has 1 aromatic rings. The number of amides is 1. The van der Waals surface area contributed by atoms with Gasteiger partial charge in [-0.05, 0) is 24.3 Å². The van der Waals surface area contributed by atoms with Crippen molar-refractivity contribution in [3.8, 4) is 0 Å². The van der Waals surface area contributed by atoms with Gasteiger partial charge in [0.2, 0.25) is 0 Å². The van der Waals surface area contributed by atoms with E-state index in [9.17, 15) is 23.1 Å². The van der Waals surface area contributed by atoms with Crippen molar-refractivity contribution in [2.75, 3.05) is 0 Å². The normalized spacial score (nSPS) is 22.3. The lowest BCUT2D eigenvalue weighted by molar-refractivity contribution is -0.297. The molecule has 1 aliphatic heterocycles. The second kappa shape index (κ2) is 5.49. The van der Waals surface area contributed by atoms with E-state index in [4.69, 9.17) is 11.6 Å². The Morgan fingerprint density at radius 1 is 1.26 bits per heavy atom. The van der Waals surface area contributed by atoms with Gasteiger partial charge in [-0.1, -0.05) is 32.4 Å². The standard InChI is InChI=1S/C15H16ClF3N2O2/c1-13(2,3)11-8-14(23,15(17,18)19)21(20-11)12(22)9-4-6-10(16)7-5-9/h4-7,23H,8H2,1-3H3. The van der Waals surface area contributed by atoms with Crippen molar-refractivity contribution in [1.29, 1.82) is 0 Å². The summed E-state index contributed by atoms with van der Waals surface area (Å²) in [6.07, 6.45) is -5.81. The van der Waals surface area contributed by atoms with Crippen LogP contribution in [-0.2, 0) is 0 Å². The highest BCUT2D eigenvalue weighted by Crippen LogP contribution is 2.43. The molecule has 1 atom stereocenters. The topological polar surface area (TPSA) is 52.9 Å². The molecule has 4 nitrogen and oxygen atoms in total. The van der Waals surface area contributed by atoms with Crippen LogP contribution in [0.15, 0.2) is 29.4 Å². The average Bonchev–Trinajstić information content (AvgIpc) is 2.78. The number of benzene rings is 1. The number of nitrogens with zero attached hydrogens (tertiary/aromatic N) is 2. The Balaban J connectivity index is 2.48. The quantitative estimate of drug-likeness (QED) is 0.838. The van der Waals surface area contributed by atoms with Crippen LogP contribution in [0, 0.1) is 5.41 Å². The van der Waals surface area contributed by atoms with E-state index in [2.05, 4.69) is 5.10 Å². The molecule has 8 heteroatoms. The molecule has 1 heterocycles. The van der Waals surface area contributed by atoms with Crippen LogP contribution in [0.2, 0.25) is 5.02 Å². The minimum atomic E-state index is -5.04. The molecule has 0 saturated heterocycles. The van der Waals surface area contributed by atoms with E-state index < -0.39 is 29.6 Å². The molecular weight excluding hydrogens is 333 g/mol. The van der Waals surface area contributed by atoms with Gasteiger partial charge in [-0.15, -0.1) is 0 Å². The number of alkyl halides is 3. The Morgan fingerprint density at radius 3 is 2.22 bits per heavy atom. The molecule has 0 bridgehead atoms. The zero-order valence-electron chi connectivity index (χ0n) is 12.8. The fraction of sp³-hybridized carbons (Fsp3) is 0.467. The third-order valence-electron chi connectivity index (χ3n) is 3.59. The van der Waals surface area contributed by atoms with Crippen LogP contribution in [0.1, 0.15) is 37.6 Å². The molecule has 0 aromatic heterocycles. The smallest absolute Gasteiger partial charge is 0.362 e. The average molecular weight is 349 g/mol.